The number of thioether (sulfide) groups is 1. The van der Waals surface area contributed by atoms with E-state index in [1.807, 2.05) is 55.1 Å². The van der Waals surface area contributed by atoms with Gasteiger partial charge in [-0.1, -0.05) is 66.4 Å². The highest BCUT2D eigenvalue weighted by molar-refractivity contribution is 8.26. The summed E-state index contributed by atoms with van der Waals surface area (Å²) in [5, 5.41) is 9.89. The third-order valence-electron chi connectivity index (χ3n) is 7.70. The summed E-state index contributed by atoms with van der Waals surface area (Å²) in [6.07, 6.45) is 1.78. The van der Waals surface area contributed by atoms with Crippen LogP contribution in [0, 0.1) is 24.1 Å². The molecule has 5 rings (SSSR count). The molecule has 210 valence electrons. The van der Waals surface area contributed by atoms with Crippen molar-refractivity contribution in [3.8, 4) is 6.07 Å². The number of nitriles is 1. The number of halogens is 1. The van der Waals surface area contributed by atoms with Crippen molar-refractivity contribution in [1.82, 2.24) is 9.47 Å². The van der Waals surface area contributed by atoms with E-state index in [9.17, 15) is 19.2 Å². The van der Waals surface area contributed by atoms with Gasteiger partial charge in [0.1, 0.15) is 27.6 Å². The minimum absolute atomic E-state index is 0.0555. The van der Waals surface area contributed by atoms with Crippen molar-refractivity contribution in [3.63, 3.8) is 0 Å². The number of thiocarbonyl (C=S) groups is 1. The maximum Gasteiger partial charge on any atom is 0.270 e. The molecule has 2 aromatic carbocycles. The smallest absolute Gasteiger partial charge is 0.270 e. The highest BCUT2D eigenvalue weighted by Crippen LogP contribution is 2.40. The van der Waals surface area contributed by atoms with E-state index in [-0.39, 0.29) is 28.9 Å². The molecule has 2 saturated heterocycles. The Balaban J connectivity index is 1.54. The summed E-state index contributed by atoms with van der Waals surface area (Å²) >= 11 is 6.86. The zero-order chi connectivity index (χ0) is 29.3. The quantitative estimate of drug-likeness (QED) is 0.280. The molecule has 2 aliphatic heterocycles. The number of amides is 1. The Bertz CT molecular complexity index is 1640. The predicted octanol–water partition coefficient (Wildman–Crippen LogP) is 5.48. The third kappa shape index (κ3) is 5.27. The summed E-state index contributed by atoms with van der Waals surface area (Å²) < 4.78 is 16.5. The summed E-state index contributed by atoms with van der Waals surface area (Å²) in [5.41, 5.74) is 2.39. The average molecular weight is 588 g/mol. The molecule has 41 heavy (non-hydrogen) atoms. The van der Waals surface area contributed by atoms with Crippen molar-refractivity contribution in [2.24, 2.45) is 0 Å². The van der Waals surface area contributed by atoms with Crippen LogP contribution in [0.1, 0.15) is 42.1 Å². The Morgan fingerprint density at radius 3 is 2.32 bits per heavy atom. The topological polar surface area (TPSA) is 72.6 Å². The lowest BCUT2D eigenvalue weighted by Gasteiger charge is -2.39. The van der Waals surface area contributed by atoms with Gasteiger partial charge in [0.25, 0.3) is 11.5 Å². The van der Waals surface area contributed by atoms with E-state index in [1.165, 1.54) is 17.8 Å². The van der Waals surface area contributed by atoms with E-state index in [0.717, 1.165) is 5.56 Å². The van der Waals surface area contributed by atoms with Crippen LogP contribution in [-0.4, -0.2) is 45.9 Å². The molecule has 3 aromatic rings. The Labute approximate surface area is 248 Å². The van der Waals surface area contributed by atoms with Crippen LogP contribution in [0.25, 0.3) is 6.08 Å². The van der Waals surface area contributed by atoms with E-state index in [4.69, 9.17) is 12.2 Å². The first-order valence-corrected chi connectivity index (χ1v) is 14.7. The summed E-state index contributed by atoms with van der Waals surface area (Å²) in [6, 6.07) is 18.2. The van der Waals surface area contributed by atoms with Gasteiger partial charge >= 0.3 is 0 Å². The van der Waals surface area contributed by atoms with Gasteiger partial charge in [0.2, 0.25) is 0 Å². The second-order valence-corrected chi connectivity index (χ2v) is 11.6. The lowest BCUT2D eigenvalue weighted by molar-refractivity contribution is -0.123. The zero-order valence-electron chi connectivity index (χ0n) is 23.1. The largest absolute Gasteiger partial charge is 0.366 e. The van der Waals surface area contributed by atoms with Crippen LogP contribution in [-0.2, 0) is 11.3 Å². The second kappa shape index (κ2) is 11.9. The van der Waals surface area contributed by atoms with Crippen LogP contribution >= 0.6 is 24.0 Å². The molecule has 0 N–H and O–H groups in total. The van der Waals surface area contributed by atoms with Gasteiger partial charge in [0.15, 0.2) is 0 Å². The molecule has 3 heterocycles. The lowest BCUT2D eigenvalue weighted by Crippen LogP contribution is -2.49. The molecule has 1 amide bonds. The van der Waals surface area contributed by atoms with Gasteiger partial charge in [-0.3, -0.25) is 19.1 Å². The number of anilines is 2. The summed E-state index contributed by atoms with van der Waals surface area (Å²) in [5.74, 6) is 0.176. The maximum absolute atomic E-state index is 14.5. The molecule has 2 aliphatic rings. The van der Waals surface area contributed by atoms with E-state index in [1.54, 1.807) is 34.6 Å². The van der Waals surface area contributed by atoms with Gasteiger partial charge in [-0.25, -0.2) is 4.39 Å². The standard InChI is InChI=1S/C31H30FN5O2S2/c1-4-36-28(35-16-14-34(15-17-35)26-13-9-8-12-25(26)32)23(20(2)24(19-33)29(36)38)18-27-30(39)37(31(40)41-27)21(3)22-10-6-5-7-11-22/h5-13,18,21H,4,14-17H2,1-3H3/b27-18-. The lowest BCUT2D eigenvalue weighted by atomic mass is 10.0. The second-order valence-electron chi connectivity index (χ2n) is 9.96. The fourth-order valence-electron chi connectivity index (χ4n) is 5.47. The molecule has 0 aliphatic carbocycles. The van der Waals surface area contributed by atoms with E-state index < -0.39 is 0 Å². The number of benzene rings is 2. The molecule has 0 bridgehead atoms. The average Bonchev–Trinajstić information content (AvgIpc) is 3.27. The van der Waals surface area contributed by atoms with E-state index >= 15 is 0 Å². The van der Waals surface area contributed by atoms with E-state index in [0.29, 0.717) is 64.6 Å². The molecule has 2 fully saturated rings. The van der Waals surface area contributed by atoms with Crippen LogP contribution < -0.4 is 15.4 Å². The number of rotatable bonds is 6. The SMILES string of the molecule is CCn1c(N2CCN(c3ccccc3F)CC2)c(/C=C2\SC(=S)N(C(C)c3ccccc3)C2=O)c(C)c(C#N)c1=O. The summed E-state index contributed by atoms with van der Waals surface area (Å²) in [6.45, 7) is 8.07. The number of carbonyl (C=O) groups is 1. The van der Waals surface area contributed by atoms with Crippen molar-refractivity contribution in [1.29, 1.82) is 5.26 Å². The van der Waals surface area contributed by atoms with Crippen LogP contribution in [0.5, 0.6) is 0 Å². The molecule has 1 aromatic heterocycles. The number of para-hydroxylation sites is 1. The summed E-state index contributed by atoms with van der Waals surface area (Å²) in [4.78, 5) is 33.2. The highest BCUT2D eigenvalue weighted by Gasteiger charge is 2.37. The molecule has 1 atom stereocenters. The first-order valence-electron chi connectivity index (χ1n) is 13.5. The molecule has 7 nitrogen and oxygen atoms in total. The van der Waals surface area contributed by atoms with Crippen LogP contribution in [0.15, 0.2) is 64.3 Å². The first kappa shape index (κ1) is 28.6. The molecular formula is C31H30FN5O2S2. The van der Waals surface area contributed by atoms with Crippen molar-refractivity contribution in [2.75, 3.05) is 36.0 Å². The Hall–Kier alpha value is -3.94. The highest BCUT2D eigenvalue weighted by atomic mass is 32.2. The van der Waals surface area contributed by atoms with Gasteiger partial charge in [-0.05, 0) is 50.1 Å². The van der Waals surface area contributed by atoms with Gasteiger partial charge in [0.05, 0.1) is 16.6 Å². The number of hydrogen-bond acceptors (Lipinski definition) is 7. The van der Waals surface area contributed by atoms with Gasteiger partial charge in [0, 0.05) is 38.3 Å². The van der Waals surface area contributed by atoms with Crippen LogP contribution in [0.3, 0.4) is 0 Å². The first-order chi connectivity index (χ1) is 19.8. The van der Waals surface area contributed by atoms with Crippen molar-refractivity contribution in [3.05, 3.63) is 97.9 Å². The Kier molecular flexibility index (Phi) is 8.29. The van der Waals surface area contributed by atoms with Gasteiger partial charge < -0.3 is 9.80 Å². The Morgan fingerprint density at radius 1 is 1.05 bits per heavy atom. The minimum atomic E-state index is -0.360. The molecule has 0 radical (unpaired) electrons. The fourth-order valence-corrected chi connectivity index (χ4v) is 6.87. The molecule has 0 spiro atoms. The fraction of sp³-hybridized carbons (Fsp3) is 0.290. The van der Waals surface area contributed by atoms with Gasteiger partial charge in [-0.15, -0.1) is 0 Å². The van der Waals surface area contributed by atoms with E-state index in [2.05, 4.69) is 11.0 Å². The third-order valence-corrected chi connectivity index (χ3v) is 9.03. The van der Waals surface area contributed by atoms with Crippen molar-refractivity contribution in [2.45, 2.75) is 33.4 Å². The number of nitrogens with zero attached hydrogens (tertiary/aromatic N) is 5. The zero-order valence-corrected chi connectivity index (χ0v) is 24.8. The van der Waals surface area contributed by atoms with Crippen LogP contribution in [0.2, 0.25) is 0 Å². The predicted molar refractivity (Wildman–Crippen MR) is 167 cm³/mol. The number of hydrogen-bond donors (Lipinski definition) is 0. The monoisotopic (exact) mass is 587 g/mol. The molecule has 0 saturated carbocycles. The number of aromatic nitrogens is 1. The Morgan fingerprint density at radius 2 is 1.68 bits per heavy atom. The van der Waals surface area contributed by atoms with Gasteiger partial charge in [-0.2, -0.15) is 5.26 Å². The molecule has 10 heteroatoms. The summed E-state index contributed by atoms with van der Waals surface area (Å²) in [7, 11) is 0. The maximum atomic E-state index is 14.5. The molecule has 1 unspecified atom stereocenters. The number of piperazine rings is 1. The minimum Gasteiger partial charge on any atom is -0.366 e. The number of carbonyl (C=O) groups excluding carboxylic acids is 1. The normalized spacial score (nSPS) is 17.3. The number of pyridine rings is 1. The molecular weight excluding hydrogens is 558 g/mol. The van der Waals surface area contributed by atoms with Crippen molar-refractivity contribution >= 4 is 51.8 Å². The van der Waals surface area contributed by atoms with Crippen molar-refractivity contribution < 1.29 is 9.18 Å². The van der Waals surface area contributed by atoms with Crippen LogP contribution in [0.4, 0.5) is 15.9 Å².